The fraction of sp³-hybridized carbons (Fsp3) is 0.176. The predicted molar refractivity (Wildman–Crippen MR) is 86.8 cm³/mol. The molecule has 0 amide bonds. The fourth-order valence-electron chi connectivity index (χ4n) is 2.18. The number of hydrogen-bond donors (Lipinski definition) is 0. The van der Waals surface area contributed by atoms with Gasteiger partial charge in [0.1, 0.15) is 0 Å². The molecule has 2 aromatic carbocycles. The maximum absolute atomic E-state index is 14.3. The van der Waals surface area contributed by atoms with E-state index in [-0.39, 0.29) is 0 Å². The van der Waals surface area contributed by atoms with Crippen LogP contribution in [0, 0.1) is 0 Å². The van der Waals surface area contributed by atoms with Gasteiger partial charge in [-0.2, -0.15) is 43.5 Å². The minimum Gasteiger partial charge on any atom is -0.375 e. The lowest BCUT2D eigenvalue weighted by molar-refractivity contribution is -0.254. The van der Waals surface area contributed by atoms with Crippen molar-refractivity contribution in [3.8, 4) is 0 Å². The van der Waals surface area contributed by atoms with Crippen LogP contribution < -0.4 is 0 Å². The smallest absolute Gasteiger partial charge is 0.375 e. The third-order valence-corrected chi connectivity index (χ3v) is 4.43. The second-order valence-corrected chi connectivity index (χ2v) is 7.03. The van der Waals surface area contributed by atoms with Crippen molar-refractivity contribution < 1.29 is 47.7 Å². The van der Waals surface area contributed by atoms with Gasteiger partial charge in [0, 0.05) is 5.56 Å². The van der Waals surface area contributed by atoms with Crippen molar-refractivity contribution in [1.29, 1.82) is 0 Å². The van der Waals surface area contributed by atoms with Gasteiger partial charge in [0.25, 0.3) is 0 Å². The molecule has 0 aliphatic carbocycles. The highest BCUT2D eigenvalue weighted by molar-refractivity contribution is 7.87. The second-order valence-electron chi connectivity index (χ2n) is 5.49. The van der Waals surface area contributed by atoms with Crippen molar-refractivity contribution in [1.82, 2.24) is 0 Å². The van der Waals surface area contributed by atoms with Crippen LogP contribution >= 0.6 is 0 Å². The summed E-state index contributed by atoms with van der Waals surface area (Å²) in [5.41, 5.74) is -9.76. The van der Waals surface area contributed by atoms with Gasteiger partial charge < -0.3 is 4.18 Å². The van der Waals surface area contributed by atoms with Crippen LogP contribution in [0.2, 0.25) is 0 Å². The van der Waals surface area contributed by atoms with E-state index >= 15 is 0 Å². The van der Waals surface area contributed by atoms with Crippen LogP contribution in [0.1, 0.15) is 11.1 Å². The van der Waals surface area contributed by atoms with Crippen LogP contribution in [-0.2, 0) is 14.3 Å². The summed E-state index contributed by atoms with van der Waals surface area (Å²) in [5, 5.41) is 0. The maximum atomic E-state index is 14.3. The van der Waals surface area contributed by atoms with Crippen molar-refractivity contribution in [3.05, 3.63) is 71.8 Å². The molecule has 0 N–H and O–H groups in total. The van der Waals surface area contributed by atoms with Crippen LogP contribution in [0.25, 0.3) is 11.3 Å². The monoisotopic (exact) mass is 446 g/mol. The van der Waals surface area contributed by atoms with Gasteiger partial charge in [-0.05, 0) is 5.56 Å². The van der Waals surface area contributed by atoms with Gasteiger partial charge >= 0.3 is 27.7 Å². The van der Waals surface area contributed by atoms with Crippen molar-refractivity contribution >= 4 is 21.5 Å². The Morgan fingerprint density at radius 2 is 1.10 bits per heavy atom. The summed E-state index contributed by atoms with van der Waals surface area (Å²) in [4.78, 5) is 0. The van der Waals surface area contributed by atoms with Crippen molar-refractivity contribution in [2.75, 3.05) is 0 Å². The van der Waals surface area contributed by atoms with Gasteiger partial charge in [-0.1, -0.05) is 60.7 Å². The molecular formula is C17H10F8O3S. The first-order chi connectivity index (χ1) is 13.2. The molecule has 0 fully saturated rings. The first kappa shape index (κ1) is 22.7. The zero-order valence-corrected chi connectivity index (χ0v) is 14.7. The Balaban J connectivity index is 2.95. The molecule has 0 bridgehead atoms. The quantitative estimate of drug-likeness (QED) is 0.197. The highest BCUT2D eigenvalue weighted by Gasteiger charge is 2.62. The minimum atomic E-state index is -6.56. The molecule has 0 aliphatic heterocycles. The van der Waals surface area contributed by atoms with Crippen molar-refractivity contribution in [2.24, 2.45) is 0 Å². The Morgan fingerprint density at radius 3 is 1.48 bits per heavy atom. The molecule has 0 spiro atoms. The molecular weight excluding hydrogens is 436 g/mol. The Morgan fingerprint density at radius 1 is 0.690 bits per heavy atom. The van der Waals surface area contributed by atoms with Crippen LogP contribution in [-0.4, -0.2) is 26.0 Å². The average Bonchev–Trinajstić information content (AvgIpc) is 2.60. The van der Waals surface area contributed by atoms with Crippen molar-refractivity contribution in [2.45, 2.75) is 17.6 Å². The summed E-state index contributed by atoms with van der Waals surface area (Å²) in [6, 6.07) is 9.97. The zero-order valence-electron chi connectivity index (χ0n) is 13.9. The minimum absolute atomic E-state index is 0.733. The van der Waals surface area contributed by atoms with E-state index in [0.29, 0.717) is 0 Å². The van der Waals surface area contributed by atoms with Crippen LogP contribution in [0.4, 0.5) is 35.1 Å². The molecule has 0 saturated carbocycles. The van der Waals surface area contributed by atoms with Crippen LogP contribution in [0.5, 0.6) is 0 Å². The highest BCUT2D eigenvalue weighted by atomic mass is 32.2. The summed E-state index contributed by atoms with van der Waals surface area (Å²) < 4.78 is 133. The van der Waals surface area contributed by atoms with Crippen LogP contribution in [0.3, 0.4) is 0 Å². The lowest BCUT2D eigenvalue weighted by Crippen LogP contribution is -2.38. The Hall–Kier alpha value is -2.63. The molecule has 12 heteroatoms. The van der Waals surface area contributed by atoms with Gasteiger partial charge in [-0.3, -0.25) is 0 Å². The molecule has 0 saturated heterocycles. The third kappa shape index (κ3) is 4.69. The number of halogens is 8. The van der Waals surface area contributed by atoms with E-state index in [0.717, 1.165) is 48.5 Å². The summed E-state index contributed by atoms with van der Waals surface area (Å²) in [5.74, 6) is -7.54. The average molecular weight is 446 g/mol. The molecule has 29 heavy (non-hydrogen) atoms. The Bertz CT molecular complexity index is 979. The Labute approximate surface area is 159 Å². The maximum Gasteiger partial charge on any atom is 0.534 e. The van der Waals surface area contributed by atoms with Crippen LogP contribution in [0.15, 0.2) is 60.7 Å². The molecule has 0 unspecified atom stereocenters. The lowest BCUT2D eigenvalue weighted by Gasteiger charge is -2.26. The van der Waals surface area contributed by atoms with Gasteiger partial charge in [-0.25, -0.2) is 0 Å². The second kappa shape index (κ2) is 7.65. The molecule has 158 valence electrons. The topological polar surface area (TPSA) is 43.4 Å². The van der Waals surface area contributed by atoms with E-state index in [1.165, 1.54) is 12.1 Å². The molecule has 0 aliphatic rings. The summed E-state index contributed by atoms with van der Waals surface area (Å²) in [7, 11) is -6.56. The standard InChI is InChI=1S/C17H10F8O3S/c18-15(19,16(20,21)22)13(11-7-3-1-4-8-11)14(12-9-5-2-6-10-12)28-29(26,27)17(23,24)25/h1-10H/b14-13+. The van der Waals surface area contributed by atoms with E-state index in [9.17, 15) is 43.5 Å². The molecule has 0 atom stereocenters. The van der Waals surface area contributed by atoms with E-state index < -0.39 is 50.2 Å². The SMILES string of the molecule is O=S(=O)(O/C(=C(\c1ccccc1)C(F)(F)C(F)(F)F)c1ccccc1)C(F)(F)F. The molecule has 2 aromatic rings. The third-order valence-electron chi connectivity index (χ3n) is 3.47. The van der Waals surface area contributed by atoms with Gasteiger partial charge in [-0.15, -0.1) is 0 Å². The largest absolute Gasteiger partial charge is 0.534 e. The number of hydrogen-bond acceptors (Lipinski definition) is 3. The van der Waals surface area contributed by atoms with E-state index in [1.54, 1.807) is 0 Å². The molecule has 0 heterocycles. The molecule has 3 nitrogen and oxygen atoms in total. The van der Waals surface area contributed by atoms with Gasteiger partial charge in [0.05, 0.1) is 5.57 Å². The molecule has 0 radical (unpaired) electrons. The fourth-order valence-corrected chi connectivity index (χ4v) is 2.68. The lowest BCUT2D eigenvalue weighted by atomic mass is 9.95. The molecule has 0 aromatic heterocycles. The van der Waals surface area contributed by atoms with E-state index in [4.69, 9.17) is 0 Å². The first-order valence-corrected chi connectivity index (χ1v) is 8.90. The van der Waals surface area contributed by atoms with E-state index in [1.807, 2.05) is 0 Å². The number of rotatable bonds is 5. The Kier molecular flexibility index (Phi) is 5.98. The van der Waals surface area contributed by atoms with Crippen molar-refractivity contribution in [3.63, 3.8) is 0 Å². The predicted octanol–water partition coefficient (Wildman–Crippen LogP) is 5.62. The summed E-state index contributed by atoms with van der Waals surface area (Å²) in [6.07, 6.45) is -6.26. The summed E-state index contributed by atoms with van der Waals surface area (Å²) in [6.45, 7) is 0. The zero-order chi connectivity index (χ0) is 22.1. The summed E-state index contributed by atoms with van der Waals surface area (Å²) >= 11 is 0. The number of allylic oxidation sites excluding steroid dienone is 1. The number of alkyl halides is 8. The highest BCUT2D eigenvalue weighted by Crippen LogP contribution is 2.49. The van der Waals surface area contributed by atoms with Gasteiger partial charge in [0.2, 0.25) is 0 Å². The van der Waals surface area contributed by atoms with E-state index in [2.05, 4.69) is 4.18 Å². The molecule has 2 rings (SSSR count). The van der Waals surface area contributed by atoms with Gasteiger partial charge in [0.15, 0.2) is 5.76 Å². The number of benzene rings is 2. The normalized spacial score (nSPS) is 14.3. The first-order valence-electron chi connectivity index (χ1n) is 7.49.